The summed E-state index contributed by atoms with van der Waals surface area (Å²) in [6, 6.07) is 9.95. The molecule has 0 saturated heterocycles. The van der Waals surface area contributed by atoms with Crippen LogP contribution in [-0.2, 0) is 9.22 Å². The van der Waals surface area contributed by atoms with Gasteiger partial charge in [0.2, 0.25) is 0 Å². The Balaban J connectivity index is 1.99. The van der Waals surface area contributed by atoms with Crippen molar-refractivity contribution in [3.05, 3.63) is 42.0 Å². The Morgan fingerprint density at radius 3 is 2.40 bits per heavy atom. The number of para-hydroxylation sites is 1. The van der Waals surface area contributed by atoms with E-state index in [0.717, 1.165) is 57.1 Å². The molecule has 0 aromatic heterocycles. The van der Waals surface area contributed by atoms with Crippen LogP contribution in [0.25, 0.3) is 0 Å². The van der Waals surface area contributed by atoms with Crippen molar-refractivity contribution in [3.8, 4) is 5.75 Å². The lowest BCUT2D eigenvalue weighted by molar-refractivity contribution is -0.137. The van der Waals surface area contributed by atoms with Crippen LogP contribution in [0.3, 0.4) is 0 Å². The lowest BCUT2D eigenvalue weighted by Crippen LogP contribution is -2.47. The smallest absolute Gasteiger partial charge is 0.303 e. The maximum Gasteiger partial charge on any atom is 0.303 e. The highest BCUT2D eigenvalue weighted by atomic mass is 28.4. The fraction of sp³-hybridized carbons (Fsp3) is 0.690. The summed E-state index contributed by atoms with van der Waals surface area (Å²) in [6.07, 6.45) is 9.24. The molecular weight excluding hydrogens is 456 g/mol. The lowest BCUT2D eigenvalue weighted by atomic mass is 9.89. The van der Waals surface area contributed by atoms with Crippen molar-refractivity contribution in [2.75, 3.05) is 0 Å². The van der Waals surface area contributed by atoms with Crippen molar-refractivity contribution >= 4 is 14.3 Å². The molecule has 198 valence electrons. The summed E-state index contributed by atoms with van der Waals surface area (Å²) < 4.78 is 13.2. The van der Waals surface area contributed by atoms with Crippen LogP contribution in [0.2, 0.25) is 18.1 Å². The van der Waals surface area contributed by atoms with Gasteiger partial charge in [-0.3, -0.25) is 4.79 Å². The van der Waals surface area contributed by atoms with Gasteiger partial charge < -0.3 is 19.4 Å². The number of hydrogen-bond acceptors (Lipinski definition) is 4. The number of aliphatic carboxylic acids is 1. The fourth-order valence-corrected chi connectivity index (χ4v) is 5.96. The van der Waals surface area contributed by atoms with Gasteiger partial charge in [0.25, 0.3) is 0 Å². The minimum Gasteiger partial charge on any atom is -0.488 e. The molecule has 6 heteroatoms. The molecule has 0 fully saturated rings. The molecule has 0 bridgehead atoms. The van der Waals surface area contributed by atoms with Gasteiger partial charge in [0.05, 0.1) is 12.2 Å². The third-order valence-electron chi connectivity index (χ3n) is 7.78. The van der Waals surface area contributed by atoms with E-state index in [1.165, 1.54) is 5.57 Å². The van der Waals surface area contributed by atoms with Gasteiger partial charge in [-0.1, -0.05) is 69.9 Å². The van der Waals surface area contributed by atoms with Gasteiger partial charge in [0.1, 0.15) is 11.9 Å². The first kappa shape index (κ1) is 29.6. The van der Waals surface area contributed by atoms with E-state index in [0.29, 0.717) is 0 Å². The molecular formula is C29H48O5Si. The lowest BCUT2D eigenvalue weighted by Gasteiger charge is -2.41. The Morgan fingerprint density at radius 1 is 1.11 bits per heavy atom. The second-order valence-corrected chi connectivity index (χ2v) is 16.4. The number of ether oxygens (including phenoxy) is 1. The Morgan fingerprint density at radius 2 is 1.77 bits per heavy atom. The van der Waals surface area contributed by atoms with Crippen molar-refractivity contribution in [2.45, 2.75) is 122 Å². The topological polar surface area (TPSA) is 76.0 Å². The zero-order valence-corrected chi connectivity index (χ0v) is 23.8. The van der Waals surface area contributed by atoms with E-state index < -0.39 is 14.3 Å². The van der Waals surface area contributed by atoms with Crippen molar-refractivity contribution in [1.82, 2.24) is 0 Å². The first-order valence-electron chi connectivity index (χ1n) is 13.4. The predicted octanol–water partition coefficient (Wildman–Crippen LogP) is 7.36. The number of carboxylic acid groups (broad SMARTS) is 1. The molecule has 1 unspecified atom stereocenters. The maximum atomic E-state index is 10.7. The molecule has 0 spiro atoms. The minimum absolute atomic E-state index is 0.0218. The van der Waals surface area contributed by atoms with Crippen molar-refractivity contribution in [3.63, 3.8) is 0 Å². The molecule has 1 aromatic rings. The minimum atomic E-state index is -1.99. The highest BCUT2D eigenvalue weighted by Gasteiger charge is 2.41. The monoisotopic (exact) mass is 504 g/mol. The van der Waals surface area contributed by atoms with Crippen LogP contribution in [0.5, 0.6) is 5.75 Å². The normalized spacial score (nSPS) is 20.4. The Kier molecular flexibility index (Phi) is 11.5. The molecule has 0 heterocycles. The Hall–Kier alpha value is -1.63. The number of carboxylic acids is 1. The van der Waals surface area contributed by atoms with E-state index in [9.17, 15) is 9.90 Å². The third-order valence-corrected chi connectivity index (χ3v) is 12.3. The van der Waals surface area contributed by atoms with Gasteiger partial charge in [-0.05, 0) is 69.3 Å². The molecule has 0 radical (unpaired) electrons. The molecule has 1 aliphatic rings. The van der Waals surface area contributed by atoms with E-state index in [4.69, 9.17) is 14.3 Å². The predicted molar refractivity (Wildman–Crippen MR) is 145 cm³/mol. The van der Waals surface area contributed by atoms with Gasteiger partial charge in [-0.2, -0.15) is 0 Å². The van der Waals surface area contributed by atoms with Crippen LogP contribution in [0.15, 0.2) is 42.0 Å². The SMILES string of the molecule is CC(Oc1ccccc1)[C@H](CCC1=CC[C@H](O)[C@@H]1CCCCCCC(=O)O)O[Si](C)(C)C(C)(C)C. The quantitative estimate of drug-likeness (QED) is 0.148. The van der Waals surface area contributed by atoms with Crippen LogP contribution in [0.4, 0.5) is 0 Å². The molecule has 2 rings (SSSR count). The zero-order chi connectivity index (χ0) is 26.1. The van der Waals surface area contributed by atoms with Crippen LogP contribution in [0.1, 0.15) is 85.5 Å². The standard InChI is InChI=1S/C29H48O5Si/c1-22(33-24-14-10-9-11-15-24)27(34-35(5,6)29(2,3)4)21-19-23-18-20-26(30)25(23)16-12-7-8-13-17-28(31)32/h9-11,14-15,18,22,25-27,30H,7-8,12-13,16-17,19-21H2,1-6H3,(H,31,32)/t22?,25-,26+,27+/m1/s1. The molecule has 1 aliphatic carbocycles. The van der Waals surface area contributed by atoms with E-state index in [1.54, 1.807) is 0 Å². The van der Waals surface area contributed by atoms with Crippen molar-refractivity contribution < 1.29 is 24.2 Å². The third kappa shape index (κ3) is 9.74. The number of hydrogen-bond donors (Lipinski definition) is 2. The highest BCUT2D eigenvalue weighted by molar-refractivity contribution is 6.74. The highest BCUT2D eigenvalue weighted by Crippen LogP contribution is 2.40. The number of aliphatic hydroxyl groups excluding tert-OH is 1. The summed E-state index contributed by atoms with van der Waals surface area (Å²) in [6.45, 7) is 13.5. The number of unbranched alkanes of at least 4 members (excludes halogenated alkanes) is 3. The molecule has 2 N–H and O–H groups in total. The van der Waals surface area contributed by atoms with Crippen molar-refractivity contribution in [2.24, 2.45) is 5.92 Å². The van der Waals surface area contributed by atoms with Gasteiger partial charge in [0.15, 0.2) is 8.32 Å². The molecule has 1 aromatic carbocycles. The van der Waals surface area contributed by atoms with Crippen LogP contribution >= 0.6 is 0 Å². The number of benzene rings is 1. The van der Waals surface area contributed by atoms with Crippen LogP contribution < -0.4 is 4.74 Å². The molecule has 5 nitrogen and oxygen atoms in total. The fourth-order valence-electron chi connectivity index (χ4n) is 4.54. The van der Waals surface area contributed by atoms with E-state index in [-0.39, 0.29) is 35.7 Å². The second kappa shape index (κ2) is 13.6. The summed E-state index contributed by atoms with van der Waals surface area (Å²) >= 11 is 0. The van der Waals surface area contributed by atoms with Gasteiger partial charge in [-0.25, -0.2) is 0 Å². The van der Waals surface area contributed by atoms with E-state index in [2.05, 4.69) is 46.9 Å². The summed E-state index contributed by atoms with van der Waals surface area (Å²) in [4.78, 5) is 10.7. The van der Waals surface area contributed by atoms with Crippen LogP contribution in [-0.4, -0.2) is 42.8 Å². The Bertz CT molecular complexity index is 799. The first-order chi connectivity index (χ1) is 16.4. The molecule has 35 heavy (non-hydrogen) atoms. The number of carbonyl (C=O) groups is 1. The van der Waals surface area contributed by atoms with Gasteiger partial charge >= 0.3 is 5.97 Å². The largest absolute Gasteiger partial charge is 0.488 e. The average Bonchev–Trinajstić information content (AvgIpc) is 3.12. The van der Waals surface area contributed by atoms with Crippen LogP contribution in [0, 0.1) is 5.92 Å². The number of rotatable bonds is 15. The first-order valence-corrected chi connectivity index (χ1v) is 16.3. The summed E-state index contributed by atoms with van der Waals surface area (Å²) in [5, 5.41) is 19.5. The summed E-state index contributed by atoms with van der Waals surface area (Å²) in [5.41, 5.74) is 1.35. The zero-order valence-electron chi connectivity index (χ0n) is 22.8. The van der Waals surface area contributed by atoms with Gasteiger partial charge in [0, 0.05) is 12.3 Å². The Labute approximate surface area is 214 Å². The van der Waals surface area contributed by atoms with E-state index in [1.807, 2.05) is 30.3 Å². The van der Waals surface area contributed by atoms with E-state index >= 15 is 0 Å². The summed E-state index contributed by atoms with van der Waals surface area (Å²) in [5.74, 6) is 0.342. The molecule has 0 saturated carbocycles. The summed E-state index contributed by atoms with van der Waals surface area (Å²) in [7, 11) is -1.99. The second-order valence-electron chi connectivity index (χ2n) is 11.6. The van der Waals surface area contributed by atoms with Crippen molar-refractivity contribution in [1.29, 1.82) is 0 Å². The molecule has 0 amide bonds. The molecule has 0 aliphatic heterocycles. The molecule has 4 atom stereocenters. The number of aliphatic hydroxyl groups is 1. The maximum absolute atomic E-state index is 10.7. The average molecular weight is 505 g/mol. The van der Waals surface area contributed by atoms with Gasteiger partial charge in [-0.15, -0.1) is 0 Å².